The van der Waals surface area contributed by atoms with Gasteiger partial charge in [-0.15, -0.1) is 0 Å². The molecule has 3 rings (SSSR count). The summed E-state index contributed by atoms with van der Waals surface area (Å²) in [5, 5.41) is 0. The maximum Gasteiger partial charge on any atom is 0.344 e. The standard InChI is InChI=1S/C20H10F4O7S/c21-13-15(23)18(32(27,28)29)16(24)14(22)17(13)31-20(26)12-9-5-4-8-11(12)19(25)30-10-6-2-1-3-7-10/h1-9H,(H,27,28,29)/p-1. The van der Waals surface area contributed by atoms with Crippen molar-refractivity contribution in [2.45, 2.75) is 4.90 Å². The van der Waals surface area contributed by atoms with Gasteiger partial charge in [0.2, 0.25) is 17.4 Å². The van der Waals surface area contributed by atoms with E-state index in [9.17, 15) is 40.1 Å². The van der Waals surface area contributed by atoms with Crippen LogP contribution in [0.2, 0.25) is 0 Å². The van der Waals surface area contributed by atoms with Crippen molar-refractivity contribution in [3.05, 3.63) is 89.0 Å². The van der Waals surface area contributed by atoms with E-state index in [1.165, 1.54) is 24.3 Å². The van der Waals surface area contributed by atoms with Crippen LogP contribution < -0.4 is 9.47 Å². The monoisotopic (exact) mass is 469 g/mol. The largest absolute Gasteiger partial charge is 0.744 e. The maximum absolute atomic E-state index is 14.1. The Bertz CT molecular complexity index is 1300. The number of hydrogen-bond donors (Lipinski definition) is 0. The number of halogens is 4. The highest BCUT2D eigenvalue weighted by molar-refractivity contribution is 7.85. The molecule has 166 valence electrons. The first kappa shape index (κ1) is 22.9. The third kappa shape index (κ3) is 4.45. The number of para-hydroxylation sites is 1. The molecule has 0 fully saturated rings. The van der Waals surface area contributed by atoms with Gasteiger partial charge in [0.15, 0.2) is 11.6 Å². The van der Waals surface area contributed by atoms with Gasteiger partial charge in [-0.05, 0) is 24.3 Å². The summed E-state index contributed by atoms with van der Waals surface area (Å²) in [6, 6.07) is 12.3. The Hall–Kier alpha value is -3.77. The van der Waals surface area contributed by atoms with E-state index in [4.69, 9.17) is 4.74 Å². The van der Waals surface area contributed by atoms with E-state index in [1.54, 1.807) is 18.2 Å². The molecule has 0 aliphatic heterocycles. The molecule has 12 heteroatoms. The third-order valence-electron chi connectivity index (χ3n) is 3.95. The fourth-order valence-electron chi connectivity index (χ4n) is 2.54. The number of benzene rings is 3. The van der Waals surface area contributed by atoms with Crippen molar-refractivity contribution in [3.8, 4) is 11.5 Å². The molecule has 0 spiro atoms. The first-order valence-electron chi connectivity index (χ1n) is 8.42. The average Bonchev–Trinajstić information content (AvgIpc) is 2.75. The Morgan fingerprint density at radius 2 is 1.12 bits per heavy atom. The third-order valence-corrected chi connectivity index (χ3v) is 4.81. The molecular weight excluding hydrogens is 460 g/mol. The highest BCUT2D eigenvalue weighted by Gasteiger charge is 2.32. The summed E-state index contributed by atoms with van der Waals surface area (Å²) in [4.78, 5) is 22.4. The van der Waals surface area contributed by atoms with Crippen molar-refractivity contribution in [1.29, 1.82) is 0 Å². The zero-order chi connectivity index (χ0) is 23.6. The highest BCUT2D eigenvalue weighted by atomic mass is 32.2. The van der Waals surface area contributed by atoms with Gasteiger partial charge in [0, 0.05) is 0 Å². The summed E-state index contributed by atoms with van der Waals surface area (Å²) in [5.41, 5.74) is -1.00. The first-order valence-corrected chi connectivity index (χ1v) is 9.83. The van der Waals surface area contributed by atoms with Crippen LogP contribution in [-0.2, 0) is 10.1 Å². The van der Waals surface area contributed by atoms with Gasteiger partial charge in [0.1, 0.15) is 20.8 Å². The Labute approximate surface area is 177 Å². The lowest BCUT2D eigenvalue weighted by Crippen LogP contribution is -2.19. The molecular formula is C20H9F4O7S-. The molecule has 3 aromatic carbocycles. The van der Waals surface area contributed by atoms with Crippen molar-refractivity contribution in [2.24, 2.45) is 0 Å². The molecule has 0 atom stereocenters. The molecule has 0 bridgehead atoms. The number of esters is 2. The van der Waals surface area contributed by atoms with Gasteiger partial charge >= 0.3 is 11.9 Å². The minimum Gasteiger partial charge on any atom is -0.744 e. The number of rotatable bonds is 5. The predicted octanol–water partition coefficient (Wildman–Crippen LogP) is 3.59. The molecule has 0 aliphatic carbocycles. The minimum atomic E-state index is -5.94. The van der Waals surface area contributed by atoms with Crippen LogP contribution >= 0.6 is 0 Å². The summed E-state index contributed by atoms with van der Waals surface area (Å²) in [5.74, 6) is -14.5. The molecule has 3 aromatic rings. The van der Waals surface area contributed by atoms with Crippen LogP contribution in [0.5, 0.6) is 11.5 Å². The van der Waals surface area contributed by atoms with Crippen LogP contribution in [0.4, 0.5) is 17.6 Å². The quantitative estimate of drug-likeness (QED) is 0.185. The highest BCUT2D eigenvalue weighted by Crippen LogP contribution is 2.33. The van der Waals surface area contributed by atoms with Gasteiger partial charge in [-0.3, -0.25) is 0 Å². The van der Waals surface area contributed by atoms with E-state index >= 15 is 0 Å². The number of hydrogen-bond acceptors (Lipinski definition) is 7. The Morgan fingerprint density at radius 1 is 0.688 bits per heavy atom. The van der Waals surface area contributed by atoms with Crippen LogP contribution in [0.25, 0.3) is 0 Å². The molecule has 0 heterocycles. The summed E-state index contributed by atoms with van der Waals surface area (Å²) >= 11 is 0. The van der Waals surface area contributed by atoms with Crippen molar-refractivity contribution < 1.29 is 49.6 Å². The number of ether oxygens (including phenoxy) is 2. The lowest BCUT2D eigenvalue weighted by atomic mass is 10.1. The second kappa shape index (κ2) is 8.77. The molecule has 0 aliphatic rings. The molecule has 0 saturated heterocycles. The normalized spacial score (nSPS) is 11.2. The molecule has 0 N–H and O–H groups in total. The smallest absolute Gasteiger partial charge is 0.344 e. The number of carbonyl (C=O) groups is 2. The van der Waals surface area contributed by atoms with Crippen LogP contribution in [0.15, 0.2) is 59.5 Å². The summed E-state index contributed by atoms with van der Waals surface area (Å²) in [7, 11) is -5.94. The fourth-order valence-corrected chi connectivity index (χ4v) is 3.16. The molecule has 0 radical (unpaired) electrons. The zero-order valence-electron chi connectivity index (χ0n) is 15.5. The van der Waals surface area contributed by atoms with Gasteiger partial charge in [0.05, 0.1) is 11.1 Å². The molecule has 0 unspecified atom stereocenters. The van der Waals surface area contributed by atoms with E-state index in [-0.39, 0.29) is 5.75 Å². The molecule has 0 saturated carbocycles. The minimum absolute atomic E-state index is 0.108. The number of carbonyl (C=O) groups excluding carboxylic acids is 2. The maximum atomic E-state index is 14.1. The molecule has 0 amide bonds. The molecule has 0 aromatic heterocycles. The van der Waals surface area contributed by atoms with E-state index in [0.29, 0.717) is 0 Å². The van der Waals surface area contributed by atoms with Gasteiger partial charge in [-0.2, -0.15) is 8.78 Å². The van der Waals surface area contributed by atoms with E-state index < -0.39 is 67.1 Å². The van der Waals surface area contributed by atoms with Gasteiger partial charge < -0.3 is 14.0 Å². The van der Waals surface area contributed by atoms with Crippen molar-refractivity contribution in [1.82, 2.24) is 0 Å². The van der Waals surface area contributed by atoms with E-state index in [0.717, 1.165) is 12.1 Å². The lowest BCUT2D eigenvalue weighted by Gasteiger charge is -2.14. The van der Waals surface area contributed by atoms with Crippen molar-refractivity contribution >= 4 is 22.1 Å². The molecule has 32 heavy (non-hydrogen) atoms. The van der Waals surface area contributed by atoms with E-state index in [1.807, 2.05) is 0 Å². The Morgan fingerprint density at radius 3 is 1.59 bits per heavy atom. The van der Waals surface area contributed by atoms with Gasteiger partial charge in [-0.25, -0.2) is 26.8 Å². The lowest BCUT2D eigenvalue weighted by molar-refractivity contribution is 0.0682. The fraction of sp³-hybridized carbons (Fsp3) is 0. The van der Waals surface area contributed by atoms with Gasteiger partial charge in [-0.1, -0.05) is 30.3 Å². The Kier molecular flexibility index (Phi) is 6.27. The van der Waals surface area contributed by atoms with Crippen molar-refractivity contribution in [2.75, 3.05) is 0 Å². The van der Waals surface area contributed by atoms with Gasteiger partial charge in [0.25, 0.3) is 0 Å². The van der Waals surface area contributed by atoms with E-state index in [2.05, 4.69) is 4.74 Å². The summed E-state index contributed by atoms with van der Waals surface area (Å²) < 4.78 is 98.0. The van der Waals surface area contributed by atoms with Crippen LogP contribution in [-0.4, -0.2) is 24.9 Å². The van der Waals surface area contributed by atoms with Crippen LogP contribution in [0.1, 0.15) is 20.7 Å². The first-order chi connectivity index (χ1) is 15.0. The SMILES string of the molecule is O=C(Oc1ccccc1)c1ccccc1C(=O)Oc1c(F)c(F)c(S(=O)(=O)[O-])c(F)c1F. The second-order valence-electron chi connectivity index (χ2n) is 6.01. The average molecular weight is 469 g/mol. The Balaban J connectivity index is 1.98. The molecule has 7 nitrogen and oxygen atoms in total. The topological polar surface area (TPSA) is 110 Å². The summed E-state index contributed by atoms with van der Waals surface area (Å²) in [6.45, 7) is 0. The van der Waals surface area contributed by atoms with Crippen LogP contribution in [0, 0.1) is 23.3 Å². The summed E-state index contributed by atoms with van der Waals surface area (Å²) in [6.07, 6.45) is 0. The second-order valence-corrected chi connectivity index (χ2v) is 7.32. The van der Waals surface area contributed by atoms with Crippen molar-refractivity contribution in [3.63, 3.8) is 0 Å². The zero-order valence-corrected chi connectivity index (χ0v) is 16.3. The van der Waals surface area contributed by atoms with Crippen LogP contribution in [0.3, 0.4) is 0 Å². The predicted molar refractivity (Wildman–Crippen MR) is 97.0 cm³/mol.